The summed E-state index contributed by atoms with van der Waals surface area (Å²) in [7, 11) is 2.07. The predicted molar refractivity (Wildman–Crippen MR) is 76.4 cm³/mol. The van der Waals surface area contributed by atoms with E-state index in [0.29, 0.717) is 0 Å². The maximum Gasteiger partial charge on any atom is 0.334 e. The Bertz CT molecular complexity index is 408. The Balaban J connectivity index is 2.72. The van der Waals surface area contributed by atoms with Crippen LogP contribution >= 0.6 is 0 Å². The van der Waals surface area contributed by atoms with Crippen LogP contribution in [0.15, 0.2) is 12.2 Å². The molecule has 20 heavy (non-hydrogen) atoms. The van der Waals surface area contributed by atoms with Crippen molar-refractivity contribution in [1.82, 2.24) is 4.90 Å². The van der Waals surface area contributed by atoms with E-state index in [1.54, 1.807) is 0 Å². The number of carboxylic acids is 1. The maximum atomic E-state index is 11.9. The Morgan fingerprint density at radius 3 is 2.10 bits per heavy atom. The lowest BCUT2D eigenvalue weighted by molar-refractivity contribution is -0.155. The first-order valence-corrected chi connectivity index (χ1v) is 6.80. The Kier molecular flexibility index (Phi) is 4.64. The van der Waals surface area contributed by atoms with Crippen molar-refractivity contribution in [1.29, 1.82) is 0 Å². The minimum absolute atomic E-state index is 0.00737. The first-order valence-electron chi connectivity index (χ1n) is 6.80. The van der Waals surface area contributed by atoms with Crippen molar-refractivity contribution in [2.24, 2.45) is 0 Å². The van der Waals surface area contributed by atoms with E-state index in [2.05, 4.69) is 46.2 Å². The molecule has 0 aromatic rings. The molecule has 0 unspecified atom stereocenters. The number of carboxylic acid groups (broad SMARTS) is 1. The number of carbonyl (C=O) groups excluding carboxylic acids is 1. The average molecular weight is 283 g/mol. The number of rotatable bonds is 4. The maximum absolute atomic E-state index is 11.9. The minimum Gasteiger partial charge on any atom is -0.481 e. The van der Waals surface area contributed by atoms with E-state index < -0.39 is 11.9 Å². The molecule has 1 aliphatic rings. The predicted octanol–water partition coefficient (Wildman–Crippen LogP) is 2.21. The summed E-state index contributed by atoms with van der Waals surface area (Å²) in [6, 6.07) is 0. The van der Waals surface area contributed by atoms with Gasteiger partial charge in [0.15, 0.2) is 0 Å². The lowest BCUT2D eigenvalue weighted by atomic mass is 9.79. The largest absolute Gasteiger partial charge is 0.481 e. The van der Waals surface area contributed by atoms with Crippen molar-refractivity contribution in [3.05, 3.63) is 12.2 Å². The van der Waals surface area contributed by atoms with Gasteiger partial charge in [-0.15, -0.1) is 0 Å². The van der Waals surface area contributed by atoms with Gasteiger partial charge in [0, 0.05) is 29.5 Å². The van der Waals surface area contributed by atoms with Gasteiger partial charge in [-0.25, -0.2) is 4.79 Å². The Labute approximate surface area is 120 Å². The summed E-state index contributed by atoms with van der Waals surface area (Å²) in [4.78, 5) is 24.7. The number of likely N-dealkylation sites (tertiary alicyclic amines) is 1. The number of piperidine rings is 1. The van der Waals surface area contributed by atoms with Gasteiger partial charge in [0.1, 0.15) is 6.10 Å². The molecule has 0 bridgehead atoms. The van der Waals surface area contributed by atoms with Crippen molar-refractivity contribution >= 4 is 11.9 Å². The first kappa shape index (κ1) is 16.7. The average Bonchev–Trinajstić information content (AvgIpc) is 2.23. The lowest BCUT2D eigenvalue weighted by Gasteiger charge is -2.53. The number of aliphatic carboxylic acids is 1. The smallest absolute Gasteiger partial charge is 0.334 e. The monoisotopic (exact) mass is 283 g/mol. The molecule has 5 heteroatoms. The molecule has 0 radical (unpaired) electrons. The Hall–Kier alpha value is -1.36. The summed E-state index contributed by atoms with van der Waals surface area (Å²) in [6.07, 6.45) is 0.852. The van der Waals surface area contributed by atoms with Gasteiger partial charge in [-0.3, -0.25) is 9.69 Å². The molecule has 0 aromatic heterocycles. The molecule has 0 amide bonds. The van der Waals surface area contributed by atoms with Gasteiger partial charge in [0.25, 0.3) is 0 Å². The summed E-state index contributed by atoms with van der Waals surface area (Å²) in [5.41, 5.74) is -0.172. The number of carbonyl (C=O) groups is 2. The van der Waals surface area contributed by atoms with Crippen molar-refractivity contribution in [3.8, 4) is 0 Å². The normalized spacial score (nSPS) is 22.2. The fraction of sp³-hybridized carbons (Fsp3) is 0.733. The van der Waals surface area contributed by atoms with E-state index in [4.69, 9.17) is 9.84 Å². The molecule has 1 rings (SSSR count). The van der Waals surface area contributed by atoms with E-state index in [1.165, 1.54) is 0 Å². The minimum atomic E-state index is -1.07. The van der Waals surface area contributed by atoms with Crippen molar-refractivity contribution < 1.29 is 19.4 Å². The quantitative estimate of drug-likeness (QED) is 0.633. The van der Waals surface area contributed by atoms with E-state index in [0.717, 1.165) is 12.8 Å². The third kappa shape index (κ3) is 3.82. The first-order chi connectivity index (χ1) is 8.95. The van der Waals surface area contributed by atoms with Crippen LogP contribution in [0, 0.1) is 0 Å². The van der Waals surface area contributed by atoms with Crippen LogP contribution in [-0.2, 0) is 14.3 Å². The van der Waals surface area contributed by atoms with Crippen LogP contribution in [0.3, 0.4) is 0 Å². The molecule has 0 spiro atoms. The third-order valence-corrected chi connectivity index (χ3v) is 4.20. The van der Waals surface area contributed by atoms with Gasteiger partial charge < -0.3 is 9.84 Å². The van der Waals surface area contributed by atoms with E-state index >= 15 is 0 Å². The second kappa shape index (κ2) is 5.56. The van der Waals surface area contributed by atoms with Crippen LogP contribution in [0.25, 0.3) is 0 Å². The van der Waals surface area contributed by atoms with Crippen LogP contribution in [0.1, 0.15) is 47.0 Å². The van der Waals surface area contributed by atoms with Gasteiger partial charge in [0.2, 0.25) is 0 Å². The summed E-state index contributed by atoms with van der Waals surface area (Å²) in [6.45, 7) is 11.9. The molecular weight excluding hydrogens is 258 g/mol. The molecule has 1 aliphatic heterocycles. The lowest BCUT2D eigenvalue weighted by Crippen LogP contribution is -2.60. The standard InChI is InChI=1S/C15H25NO4/c1-10(7-12(17)18)13(19)20-11-8-14(2,3)16(6)15(4,5)9-11/h11H,1,7-9H2,2-6H3,(H,17,18). The molecular formula is C15H25NO4. The second-order valence-corrected chi connectivity index (χ2v) is 6.79. The van der Waals surface area contributed by atoms with E-state index in [-0.39, 0.29) is 29.2 Å². The summed E-state index contributed by atoms with van der Waals surface area (Å²) < 4.78 is 5.45. The fourth-order valence-corrected chi connectivity index (χ4v) is 2.85. The highest BCUT2D eigenvalue weighted by atomic mass is 16.5. The summed E-state index contributed by atoms with van der Waals surface area (Å²) >= 11 is 0. The number of nitrogens with zero attached hydrogens (tertiary/aromatic N) is 1. The van der Waals surface area contributed by atoms with Crippen molar-refractivity contribution in [2.75, 3.05) is 7.05 Å². The summed E-state index contributed by atoms with van der Waals surface area (Å²) in [5, 5.41) is 8.66. The zero-order valence-corrected chi connectivity index (χ0v) is 13.0. The number of esters is 1. The van der Waals surface area contributed by atoms with E-state index in [9.17, 15) is 9.59 Å². The van der Waals surface area contributed by atoms with Crippen molar-refractivity contribution in [3.63, 3.8) is 0 Å². The highest BCUT2D eigenvalue weighted by Gasteiger charge is 2.44. The van der Waals surface area contributed by atoms with Gasteiger partial charge in [0.05, 0.1) is 6.42 Å². The SMILES string of the molecule is C=C(CC(=O)O)C(=O)OC1CC(C)(C)N(C)C(C)(C)C1. The second-order valence-electron chi connectivity index (χ2n) is 6.79. The zero-order chi connectivity index (χ0) is 15.7. The molecule has 1 fully saturated rings. The Morgan fingerprint density at radius 1 is 1.25 bits per heavy atom. The third-order valence-electron chi connectivity index (χ3n) is 4.20. The Morgan fingerprint density at radius 2 is 1.70 bits per heavy atom. The van der Waals surface area contributed by atoms with Crippen LogP contribution < -0.4 is 0 Å². The molecule has 0 atom stereocenters. The molecule has 114 valence electrons. The molecule has 0 saturated carbocycles. The van der Waals surface area contributed by atoms with Crippen LogP contribution in [0.5, 0.6) is 0 Å². The molecule has 1 heterocycles. The molecule has 5 nitrogen and oxygen atoms in total. The van der Waals surface area contributed by atoms with Gasteiger partial charge in [-0.2, -0.15) is 0 Å². The molecule has 0 aromatic carbocycles. The highest BCUT2D eigenvalue weighted by Crippen LogP contribution is 2.38. The van der Waals surface area contributed by atoms with Gasteiger partial charge in [-0.05, 0) is 34.7 Å². The molecule has 0 aliphatic carbocycles. The zero-order valence-electron chi connectivity index (χ0n) is 13.0. The molecule has 1 saturated heterocycles. The number of ether oxygens (including phenoxy) is 1. The fourth-order valence-electron chi connectivity index (χ4n) is 2.85. The van der Waals surface area contributed by atoms with Crippen LogP contribution in [0.4, 0.5) is 0 Å². The van der Waals surface area contributed by atoms with Crippen LogP contribution in [-0.4, -0.2) is 46.2 Å². The highest BCUT2D eigenvalue weighted by molar-refractivity contribution is 5.92. The van der Waals surface area contributed by atoms with Gasteiger partial charge in [-0.1, -0.05) is 6.58 Å². The number of hydrogen-bond donors (Lipinski definition) is 1. The van der Waals surface area contributed by atoms with E-state index in [1.807, 2.05) is 0 Å². The summed E-state index contributed by atoms with van der Waals surface area (Å²) in [5.74, 6) is -1.68. The van der Waals surface area contributed by atoms with Gasteiger partial charge >= 0.3 is 11.9 Å². The number of hydrogen-bond acceptors (Lipinski definition) is 4. The van der Waals surface area contributed by atoms with Crippen LogP contribution in [0.2, 0.25) is 0 Å². The molecule has 1 N–H and O–H groups in total. The van der Waals surface area contributed by atoms with Crippen molar-refractivity contribution in [2.45, 2.75) is 64.1 Å². The topological polar surface area (TPSA) is 66.8 Å².